The van der Waals surface area contributed by atoms with Gasteiger partial charge >= 0.3 is 11.9 Å². The van der Waals surface area contributed by atoms with E-state index in [1.165, 1.54) is 37.4 Å². The van der Waals surface area contributed by atoms with Crippen molar-refractivity contribution >= 4 is 35.5 Å². The lowest BCUT2D eigenvalue weighted by Crippen LogP contribution is -2.42. The van der Waals surface area contributed by atoms with Crippen molar-refractivity contribution in [2.45, 2.75) is 19.6 Å². The summed E-state index contributed by atoms with van der Waals surface area (Å²) in [5, 5.41) is 0. The van der Waals surface area contributed by atoms with Gasteiger partial charge in [0.15, 0.2) is 5.57 Å². The van der Waals surface area contributed by atoms with Crippen LogP contribution in [0.4, 0.5) is 0 Å². The normalized spacial score (nSPS) is 19.6. The quantitative estimate of drug-likeness (QED) is 0.421. The van der Waals surface area contributed by atoms with E-state index in [2.05, 4.69) is 0 Å². The Labute approximate surface area is 96.8 Å². The molecule has 1 rings (SSSR count). The zero-order valence-electron chi connectivity index (χ0n) is 8.95. The summed E-state index contributed by atoms with van der Waals surface area (Å²) in [7, 11) is 0. The van der Waals surface area contributed by atoms with Crippen LogP contribution in [0.15, 0.2) is 9.81 Å². The molecule has 0 atom stereocenters. The second-order valence-corrected chi connectivity index (χ2v) is 5.14. The first-order valence-electron chi connectivity index (χ1n) is 4.20. The van der Waals surface area contributed by atoms with Gasteiger partial charge in [-0.3, -0.25) is 0 Å². The molecule has 6 heteroatoms. The Hall–Kier alpha value is -0.620. The largest absolute Gasteiger partial charge is 0.419 e. The highest BCUT2D eigenvalue weighted by Crippen LogP contribution is 2.33. The summed E-state index contributed by atoms with van der Waals surface area (Å²) < 4.78 is 10.6. The molecule has 0 radical (unpaired) electrons. The highest BCUT2D eigenvalue weighted by molar-refractivity contribution is 8.21. The molecule has 1 aliphatic heterocycles. The van der Waals surface area contributed by atoms with Crippen LogP contribution >= 0.6 is 23.5 Å². The first-order chi connectivity index (χ1) is 6.91. The molecule has 1 saturated heterocycles. The Balaban J connectivity index is 3.08. The number of ether oxygens (including phenoxy) is 2. The molecule has 1 aliphatic rings. The van der Waals surface area contributed by atoms with Crippen LogP contribution in [0, 0.1) is 0 Å². The van der Waals surface area contributed by atoms with Crippen LogP contribution in [0.1, 0.15) is 13.8 Å². The minimum Gasteiger partial charge on any atom is -0.419 e. The third kappa shape index (κ3) is 2.69. The van der Waals surface area contributed by atoms with Crippen LogP contribution in [-0.2, 0) is 19.1 Å². The summed E-state index contributed by atoms with van der Waals surface area (Å²) in [6, 6.07) is 0. The van der Waals surface area contributed by atoms with E-state index >= 15 is 0 Å². The van der Waals surface area contributed by atoms with E-state index in [0.717, 1.165) is 0 Å². The maximum absolute atomic E-state index is 11.6. The van der Waals surface area contributed by atoms with Gasteiger partial charge in [-0.1, -0.05) is 0 Å². The van der Waals surface area contributed by atoms with E-state index in [0.29, 0.717) is 4.24 Å². The smallest absolute Gasteiger partial charge is 0.350 e. The van der Waals surface area contributed by atoms with E-state index in [1.54, 1.807) is 12.5 Å². The van der Waals surface area contributed by atoms with Gasteiger partial charge in [-0.25, -0.2) is 9.59 Å². The average molecular weight is 248 g/mol. The first-order valence-corrected chi connectivity index (χ1v) is 6.65. The monoisotopic (exact) mass is 248 g/mol. The Morgan fingerprint density at radius 3 is 1.80 bits per heavy atom. The number of esters is 2. The standard InChI is InChI=1S/C9H12O4S2/c1-9(2)12-6(10)5(7(11)13-9)8(14-3)15-4/h1-4H3. The fourth-order valence-corrected chi connectivity index (χ4v) is 2.52. The second-order valence-electron chi connectivity index (χ2n) is 3.25. The summed E-state index contributed by atoms with van der Waals surface area (Å²) in [6.45, 7) is 3.05. The van der Waals surface area contributed by atoms with Crippen LogP contribution in [0.2, 0.25) is 0 Å². The van der Waals surface area contributed by atoms with E-state index in [9.17, 15) is 9.59 Å². The maximum Gasteiger partial charge on any atom is 0.350 e. The van der Waals surface area contributed by atoms with Crippen LogP contribution in [0.25, 0.3) is 0 Å². The van der Waals surface area contributed by atoms with Crippen molar-refractivity contribution in [1.82, 2.24) is 0 Å². The fourth-order valence-electron chi connectivity index (χ4n) is 1.11. The van der Waals surface area contributed by atoms with Gasteiger partial charge in [0.2, 0.25) is 0 Å². The molecule has 0 saturated carbocycles. The first kappa shape index (κ1) is 12.4. The van der Waals surface area contributed by atoms with Crippen molar-refractivity contribution in [3.63, 3.8) is 0 Å². The molecular weight excluding hydrogens is 236 g/mol. The predicted molar refractivity (Wildman–Crippen MR) is 60.3 cm³/mol. The molecule has 0 bridgehead atoms. The number of hydrogen-bond donors (Lipinski definition) is 0. The van der Waals surface area contributed by atoms with Crippen molar-refractivity contribution in [2.75, 3.05) is 12.5 Å². The van der Waals surface area contributed by atoms with Gasteiger partial charge in [-0.05, 0) is 12.5 Å². The van der Waals surface area contributed by atoms with E-state index in [4.69, 9.17) is 9.47 Å². The molecule has 0 amide bonds. The highest BCUT2D eigenvalue weighted by Gasteiger charge is 2.40. The average Bonchev–Trinajstić information content (AvgIpc) is 2.09. The molecule has 15 heavy (non-hydrogen) atoms. The van der Waals surface area contributed by atoms with E-state index in [1.807, 2.05) is 0 Å². The van der Waals surface area contributed by atoms with Crippen LogP contribution in [-0.4, -0.2) is 30.2 Å². The Bertz CT molecular complexity index is 305. The molecule has 4 nitrogen and oxygen atoms in total. The third-order valence-corrected chi connectivity index (χ3v) is 3.81. The number of carbonyl (C=O) groups excluding carboxylic acids is 2. The molecule has 0 aromatic heterocycles. The van der Waals surface area contributed by atoms with Crippen molar-refractivity contribution in [1.29, 1.82) is 0 Å². The van der Waals surface area contributed by atoms with Crippen LogP contribution < -0.4 is 0 Å². The molecule has 0 aromatic carbocycles. The molecule has 0 spiro atoms. The number of hydrogen-bond acceptors (Lipinski definition) is 6. The van der Waals surface area contributed by atoms with Crippen molar-refractivity contribution in [3.8, 4) is 0 Å². The Kier molecular flexibility index (Phi) is 3.72. The summed E-state index contributed by atoms with van der Waals surface area (Å²) in [5.41, 5.74) is -0.00525. The maximum atomic E-state index is 11.6. The summed E-state index contributed by atoms with van der Waals surface area (Å²) >= 11 is 2.65. The third-order valence-electron chi connectivity index (χ3n) is 1.66. The summed E-state index contributed by atoms with van der Waals surface area (Å²) in [4.78, 5) is 23.1. The van der Waals surface area contributed by atoms with Crippen LogP contribution in [0.3, 0.4) is 0 Å². The Morgan fingerprint density at radius 1 is 1.07 bits per heavy atom. The lowest BCUT2D eigenvalue weighted by atomic mass is 10.2. The lowest BCUT2D eigenvalue weighted by Gasteiger charge is -2.30. The number of carbonyl (C=O) groups is 2. The number of cyclic esters (lactones) is 2. The molecule has 0 aliphatic carbocycles. The SMILES string of the molecule is CSC(SC)=C1C(=O)OC(C)(C)OC1=O. The minimum absolute atomic E-state index is 0.00525. The minimum atomic E-state index is -1.17. The van der Waals surface area contributed by atoms with Crippen molar-refractivity contribution in [2.24, 2.45) is 0 Å². The lowest BCUT2D eigenvalue weighted by molar-refractivity contribution is -0.222. The molecule has 84 valence electrons. The van der Waals surface area contributed by atoms with Crippen LogP contribution in [0.5, 0.6) is 0 Å². The number of rotatable bonds is 2. The van der Waals surface area contributed by atoms with Gasteiger partial charge < -0.3 is 9.47 Å². The zero-order valence-corrected chi connectivity index (χ0v) is 10.6. The van der Waals surface area contributed by atoms with Crippen molar-refractivity contribution in [3.05, 3.63) is 9.81 Å². The molecule has 0 unspecified atom stereocenters. The van der Waals surface area contributed by atoms with E-state index < -0.39 is 17.7 Å². The van der Waals surface area contributed by atoms with Gasteiger partial charge in [0.25, 0.3) is 5.79 Å². The number of thioether (sulfide) groups is 2. The van der Waals surface area contributed by atoms with Gasteiger partial charge in [0.05, 0.1) is 4.24 Å². The molecular formula is C9H12O4S2. The fraction of sp³-hybridized carbons (Fsp3) is 0.556. The van der Waals surface area contributed by atoms with Gasteiger partial charge in [0.1, 0.15) is 0 Å². The molecule has 1 heterocycles. The second kappa shape index (κ2) is 4.49. The zero-order chi connectivity index (χ0) is 11.6. The van der Waals surface area contributed by atoms with Crippen molar-refractivity contribution < 1.29 is 19.1 Å². The van der Waals surface area contributed by atoms with Gasteiger partial charge in [-0.2, -0.15) is 0 Å². The predicted octanol–water partition coefficient (Wildman–Crippen LogP) is 1.76. The molecule has 1 fully saturated rings. The van der Waals surface area contributed by atoms with Gasteiger partial charge in [0, 0.05) is 13.8 Å². The Morgan fingerprint density at radius 2 is 1.47 bits per heavy atom. The molecule has 0 N–H and O–H groups in total. The van der Waals surface area contributed by atoms with Gasteiger partial charge in [-0.15, -0.1) is 23.5 Å². The summed E-state index contributed by atoms with van der Waals surface area (Å²) in [5.74, 6) is -2.40. The molecule has 0 aromatic rings. The highest BCUT2D eigenvalue weighted by atomic mass is 32.2. The van der Waals surface area contributed by atoms with E-state index in [-0.39, 0.29) is 5.57 Å². The summed E-state index contributed by atoms with van der Waals surface area (Å²) in [6.07, 6.45) is 3.58. The topological polar surface area (TPSA) is 52.6 Å².